The fourth-order valence-electron chi connectivity index (χ4n) is 4.19. The second-order valence-corrected chi connectivity index (χ2v) is 7.23. The Bertz CT molecular complexity index is 685. The van der Waals surface area contributed by atoms with Crippen LogP contribution in [-0.4, -0.2) is 64.3 Å². The molecule has 0 N–H and O–H groups in total. The minimum absolute atomic E-state index is 0.0261. The Hall–Kier alpha value is -2.37. The van der Waals surface area contributed by atoms with Crippen LogP contribution in [0.25, 0.3) is 0 Å². The number of fused-ring (bicyclic) bond motifs is 1. The van der Waals surface area contributed by atoms with E-state index in [0.29, 0.717) is 38.0 Å². The number of carbonyl (C=O) groups excluding carboxylic acids is 3. The molecular formula is C19H23N3O3. The Morgan fingerprint density at radius 3 is 2.32 bits per heavy atom. The number of urea groups is 1. The molecule has 0 radical (unpaired) electrons. The molecule has 4 rings (SSSR count). The molecule has 6 heteroatoms. The molecule has 0 saturated carbocycles. The Balaban J connectivity index is 1.40. The number of piperidine rings is 1. The van der Waals surface area contributed by atoms with Gasteiger partial charge in [-0.25, -0.2) is 4.79 Å². The zero-order chi connectivity index (χ0) is 17.6. The van der Waals surface area contributed by atoms with Gasteiger partial charge in [-0.2, -0.15) is 0 Å². The van der Waals surface area contributed by atoms with Gasteiger partial charge in [-0.1, -0.05) is 17.7 Å². The van der Waals surface area contributed by atoms with E-state index in [9.17, 15) is 14.4 Å². The maximum atomic E-state index is 12.6. The van der Waals surface area contributed by atoms with Crippen LogP contribution in [0, 0.1) is 6.92 Å². The van der Waals surface area contributed by atoms with Crippen molar-refractivity contribution in [1.29, 1.82) is 0 Å². The number of benzene rings is 1. The lowest BCUT2D eigenvalue weighted by Gasteiger charge is -2.35. The highest BCUT2D eigenvalue weighted by Gasteiger charge is 2.50. The fraction of sp³-hybridized carbons (Fsp3) is 0.526. The van der Waals surface area contributed by atoms with E-state index in [2.05, 4.69) is 0 Å². The van der Waals surface area contributed by atoms with Gasteiger partial charge in [0.1, 0.15) is 6.04 Å². The first kappa shape index (κ1) is 16.1. The van der Waals surface area contributed by atoms with Gasteiger partial charge in [-0.15, -0.1) is 0 Å². The summed E-state index contributed by atoms with van der Waals surface area (Å²) in [4.78, 5) is 42.7. The Kier molecular flexibility index (Phi) is 3.98. The average Bonchev–Trinajstić information content (AvgIpc) is 3.20. The summed E-state index contributed by atoms with van der Waals surface area (Å²) in [5, 5.41) is 0. The number of amides is 4. The van der Waals surface area contributed by atoms with Crippen LogP contribution in [0.5, 0.6) is 0 Å². The number of rotatable bonds is 2. The van der Waals surface area contributed by atoms with Crippen LogP contribution in [0.1, 0.15) is 41.6 Å². The van der Waals surface area contributed by atoms with Gasteiger partial charge in [0.25, 0.3) is 11.8 Å². The zero-order valence-electron chi connectivity index (χ0n) is 14.5. The van der Waals surface area contributed by atoms with Crippen LogP contribution in [0.2, 0.25) is 0 Å². The molecule has 3 saturated heterocycles. The third-order valence-electron chi connectivity index (χ3n) is 5.64. The van der Waals surface area contributed by atoms with Crippen molar-refractivity contribution < 1.29 is 14.4 Å². The van der Waals surface area contributed by atoms with E-state index in [4.69, 9.17) is 0 Å². The molecule has 3 heterocycles. The molecular weight excluding hydrogens is 318 g/mol. The highest BCUT2D eigenvalue weighted by Crippen LogP contribution is 2.31. The summed E-state index contributed by atoms with van der Waals surface area (Å²) in [5.74, 6) is -0.0102. The lowest BCUT2D eigenvalue weighted by molar-refractivity contribution is -0.130. The van der Waals surface area contributed by atoms with Crippen molar-refractivity contribution in [2.75, 3.05) is 19.6 Å². The van der Waals surface area contributed by atoms with Gasteiger partial charge >= 0.3 is 6.03 Å². The van der Waals surface area contributed by atoms with Crippen molar-refractivity contribution in [3.8, 4) is 0 Å². The molecule has 25 heavy (non-hydrogen) atoms. The summed E-state index contributed by atoms with van der Waals surface area (Å²) >= 11 is 0. The highest BCUT2D eigenvalue weighted by molar-refractivity contribution is 6.05. The maximum absolute atomic E-state index is 12.6. The van der Waals surface area contributed by atoms with Crippen LogP contribution in [0.4, 0.5) is 4.79 Å². The van der Waals surface area contributed by atoms with E-state index >= 15 is 0 Å². The van der Waals surface area contributed by atoms with E-state index in [1.54, 1.807) is 4.90 Å². The molecule has 6 nitrogen and oxygen atoms in total. The number of carbonyl (C=O) groups is 3. The summed E-state index contributed by atoms with van der Waals surface area (Å²) in [7, 11) is 0. The topological polar surface area (TPSA) is 60.9 Å². The number of hydrogen-bond donors (Lipinski definition) is 0. The van der Waals surface area contributed by atoms with Gasteiger partial charge in [0.15, 0.2) is 0 Å². The van der Waals surface area contributed by atoms with Crippen molar-refractivity contribution in [2.24, 2.45) is 0 Å². The van der Waals surface area contributed by atoms with Crippen LogP contribution < -0.4 is 0 Å². The van der Waals surface area contributed by atoms with Crippen LogP contribution in [0.3, 0.4) is 0 Å². The summed E-state index contributed by atoms with van der Waals surface area (Å²) < 4.78 is 0. The van der Waals surface area contributed by atoms with Gasteiger partial charge in [0, 0.05) is 31.2 Å². The van der Waals surface area contributed by atoms with Gasteiger partial charge in [-0.3, -0.25) is 14.5 Å². The quantitative estimate of drug-likeness (QED) is 0.773. The maximum Gasteiger partial charge on any atom is 0.327 e. The lowest BCUT2D eigenvalue weighted by Crippen LogP contribution is -2.49. The van der Waals surface area contributed by atoms with Gasteiger partial charge in [-0.05, 0) is 44.7 Å². The van der Waals surface area contributed by atoms with Gasteiger partial charge < -0.3 is 9.80 Å². The van der Waals surface area contributed by atoms with E-state index < -0.39 is 0 Å². The Labute approximate surface area is 147 Å². The number of imide groups is 1. The third kappa shape index (κ3) is 2.69. The van der Waals surface area contributed by atoms with Crippen molar-refractivity contribution >= 4 is 17.8 Å². The van der Waals surface area contributed by atoms with Crippen molar-refractivity contribution in [3.63, 3.8) is 0 Å². The number of hydrogen-bond acceptors (Lipinski definition) is 3. The molecule has 0 aromatic heterocycles. The average molecular weight is 341 g/mol. The lowest BCUT2D eigenvalue weighted by atomic mass is 10.0. The second-order valence-electron chi connectivity index (χ2n) is 7.23. The van der Waals surface area contributed by atoms with Crippen molar-refractivity contribution in [2.45, 2.75) is 44.7 Å². The van der Waals surface area contributed by atoms with Crippen LogP contribution >= 0.6 is 0 Å². The molecule has 0 bridgehead atoms. The molecule has 1 unspecified atom stereocenters. The monoisotopic (exact) mass is 341 g/mol. The molecule has 1 atom stereocenters. The normalized spacial score (nSPS) is 24.2. The fourth-order valence-corrected chi connectivity index (χ4v) is 4.19. The predicted octanol–water partition coefficient (Wildman–Crippen LogP) is 2.03. The Morgan fingerprint density at radius 1 is 1.00 bits per heavy atom. The predicted molar refractivity (Wildman–Crippen MR) is 92.1 cm³/mol. The molecule has 0 spiro atoms. The summed E-state index contributed by atoms with van der Waals surface area (Å²) in [6.07, 6.45) is 3.02. The van der Waals surface area contributed by atoms with Crippen molar-refractivity contribution in [1.82, 2.24) is 14.7 Å². The van der Waals surface area contributed by atoms with E-state index in [-0.39, 0.29) is 29.9 Å². The molecule has 132 valence electrons. The third-order valence-corrected chi connectivity index (χ3v) is 5.64. The van der Waals surface area contributed by atoms with E-state index in [1.807, 2.05) is 36.1 Å². The molecule has 3 aliphatic rings. The zero-order valence-corrected chi connectivity index (χ0v) is 14.5. The second kappa shape index (κ2) is 6.17. The van der Waals surface area contributed by atoms with E-state index in [1.165, 1.54) is 4.90 Å². The highest BCUT2D eigenvalue weighted by atomic mass is 16.2. The van der Waals surface area contributed by atoms with Gasteiger partial charge in [0.2, 0.25) is 0 Å². The summed E-state index contributed by atoms with van der Waals surface area (Å²) in [6, 6.07) is 7.14. The molecule has 4 amide bonds. The smallest absolute Gasteiger partial charge is 0.327 e. The molecule has 1 aromatic carbocycles. The summed E-state index contributed by atoms with van der Waals surface area (Å²) in [5.41, 5.74) is 1.82. The van der Waals surface area contributed by atoms with Crippen LogP contribution in [0.15, 0.2) is 24.3 Å². The molecule has 0 aliphatic carbocycles. The van der Waals surface area contributed by atoms with Crippen molar-refractivity contribution in [3.05, 3.63) is 35.4 Å². The number of nitrogens with zero attached hydrogens (tertiary/aromatic N) is 3. The first-order valence-electron chi connectivity index (χ1n) is 9.06. The molecule has 3 fully saturated rings. The molecule has 1 aromatic rings. The number of aryl methyl sites for hydroxylation is 1. The SMILES string of the molecule is Cc1ccc(C(=O)N2CCC(N3C(=O)C4CCCN4C3=O)CC2)cc1. The molecule has 3 aliphatic heterocycles. The number of likely N-dealkylation sites (tertiary alicyclic amines) is 1. The minimum Gasteiger partial charge on any atom is -0.338 e. The first-order chi connectivity index (χ1) is 12.1. The van der Waals surface area contributed by atoms with Gasteiger partial charge in [0.05, 0.1) is 0 Å². The Morgan fingerprint density at radius 2 is 1.68 bits per heavy atom. The first-order valence-corrected chi connectivity index (χ1v) is 9.06. The summed E-state index contributed by atoms with van der Waals surface area (Å²) in [6.45, 7) is 3.85. The minimum atomic E-state index is -0.236. The van der Waals surface area contributed by atoms with E-state index in [0.717, 1.165) is 18.4 Å². The van der Waals surface area contributed by atoms with Crippen LogP contribution in [-0.2, 0) is 4.79 Å². The standard InChI is InChI=1S/C19H23N3O3/c1-13-4-6-14(7-5-13)17(23)20-11-8-15(9-12-20)22-18(24)16-3-2-10-21(16)19(22)25/h4-7,15-16H,2-3,8-12H2,1H3. The largest absolute Gasteiger partial charge is 0.338 e.